The van der Waals surface area contributed by atoms with Gasteiger partial charge in [-0.1, -0.05) is 0 Å². The summed E-state index contributed by atoms with van der Waals surface area (Å²) in [6, 6.07) is 5.45. The minimum Gasteiger partial charge on any atom is -0.336 e. The van der Waals surface area contributed by atoms with E-state index in [0.717, 1.165) is 0 Å². The number of carbonyl (C=O) groups is 1. The van der Waals surface area contributed by atoms with E-state index >= 15 is 0 Å². The SMILES string of the molecule is CC1CN(C(=O)c2cc(=O)[nH]c3ccc([N+](=O)[O-])cc23)CCN1.Cl. The summed E-state index contributed by atoms with van der Waals surface area (Å²) in [7, 11) is 0. The predicted octanol–water partition coefficient (Wildman–Crippen LogP) is 1.29. The average Bonchev–Trinajstić information content (AvgIpc) is 2.52. The number of benzene rings is 1. The molecule has 1 fully saturated rings. The van der Waals surface area contributed by atoms with Gasteiger partial charge in [0.05, 0.1) is 10.5 Å². The Balaban J connectivity index is 0.00000208. The van der Waals surface area contributed by atoms with Crippen molar-refractivity contribution in [1.29, 1.82) is 0 Å². The summed E-state index contributed by atoms with van der Waals surface area (Å²) in [5, 5.41) is 14.6. The van der Waals surface area contributed by atoms with E-state index in [2.05, 4.69) is 10.3 Å². The van der Waals surface area contributed by atoms with Crippen LogP contribution in [0.5, 0.6) is 0 Å². The number of aromatic nitrogens is 1. The lowest BCUT2D eigenvalue weighted by molar-refractivity contribution is -0.384. The Kier molecular flexibility index (Phi) is 5.20. The Morgan fingerprint density at radius 3 is 2.79 bits per heavy atom. The molecule has 1 aromatic heterocycles. The van der Waals surface area contributed by atoms with Gasteiger partial charge in [0.2, 0.25) is 5.56 Å². The first-order valence-electron chi connectivity index (χ1n) is 7.30. The Labute approximate surface area is 143 Å². The van der Waals surface area contributed by atoms with Gasteiger partial charge in [0.15, 0.2) is 0 Å². The summed E-state index contributed by atoms with van der Waals surface area (Å²) < 4.78 is 0. The minimum atomic E-state index is -0.522. The third kappa shape index (κ3) is 3.39. The van der Waals surface area contributed by atoms with E-state index in [1.807, 2.05) is 6.92 Å². The fraction of sp³-hybridized carbons (Fsp3) is 0.333. The molecule has 1 unspecified atom stereocenters. The molecule has 1 atom stereocenters. The highest BCUT2D eigenvalue weighted by molar-refractivity contribution is 6.06. The van der Waals surface area contributed by atoms with Gasteiger partial charge in [-0.3, -0.25) is 19.7 Å². The maximum absolute atomic E-state index is 12.8. The van der Waals surface area contributed by atoms with Crippen molar-refractivity contribution in [2.24, 2.45) is 0 Å². The van der Waals surface area contributed by atoms with E-state index in [0.29, 0.717) is 30.5 Å². The van der Waals surface area contributed by atoms with Crippen molar-refractivity contribution < 1.29 is 9.72 Å². The molecule has 0 aliphatic carbocycles. The molecule has 24 heavy (non-hydrogen) atoms. The Bertz CT molecular complexity index is 851. The fourth-order valence-electron chi connectivity index (χ4n) is 2.82. The van der Waals surface area contributed by atoms with E-state index in [9.17, 15) is 19.7 Å². The maximum Gasteiger partial charge on any atom is 0.270 e. The van der Waals surface area contributed by atoms with Gasteiger partial charge in [0.1, 0.15) is 0 Å². The van der Waals surface area contributed by atoms with Gasteiger partial charge in [0.25, 0.3) is 11.6 Å². The van der Waals surface area contributed by atoms with Crippen molar-refractivity contribution in [2.75, 3.05) is 19.6 Å². The van der Waals surface area contributed by atoms with Crippen molar-refractivity contribution in [3.05, 3.63) is 50.3 Å². The van der Waals surface area contributed by atoms with E-state index in [-0.39, 0.29) is 35.6 Å². The third-order valence-electron chi connectivity index (χ3n) is 3.92. The molecule has 1 aliphatic heterocycles. The summed E-state index contributed by atoms with van der Waals surface area (Å²) in [5.74, 6) is -0.282. The number of nitrogens with one attached hydrogen (secondary N) is 2. The van der Waals surface area contributed by atoms with E-state index in [4.69, 9.17) is 0 Å². The molecule has 3 rings (SSSR count). The van der Waals surface area contributed by atoms with Crippen LogP contribution < -0.4 is 10.9 Å². The molecule has 0 saturated carbocycles. The van der Waals surface area contributed by atoms with Gasteiger partial charge < -0.3 is 15.2 Å². The molecule has 0 spiro atoms. The average molecular weight is 353 g/mol. The molecule has 1 aliphatic rings. The third-order valence-corrected chi connectivity index (χ3v) is 3.92. The number of hydrogen-bond acceptors (Lipinski definition) is 5. The van der Waals surface area contributed by atoms with Gasteiger partial charge in [-0.25, -0.2) is 0 Å². The van der Waals surface area contributed by atoms with Crippen LogP contribution in [0, 0.1) is 10.1 Å². The van der Waals surface area contributed by atoms with Crippen LogP contribution in [0.1, 0.15) is 17.3 Å². The number of nitrogens with zero attached hydrogens (tertiary/aromatic N) is 2. The van der Waals surface area contributed by atoms with E-state index in [1.165, 1.54) is 24.3 Å². The highest BCUT2D eigenvalue weighted by Crippen LogP contribution is 2.23. The maximum atomic E-state index is 12.8. The number of nitro groups is 1. The Morgan fingerprint density at radius 2 is 2.12 bits per heavy atom. The molecule has 1 saturated heterocycles. The number of piperazine rings is 1. The van der Waals surface area contributed by atoms with Gasteiger partial charge >= 0.3 is 0 Å². The molecule has 128 valence electrons. The fourth-order valence-corrected chi connectivity index (χ4v) is 2.82. The summed E-state index contributed by atoms with van der Waals surface area (Å²) in [6.07, 6.45) is 0. The molecular weight excluding hydrogens is 336 g/mol. The number of amides is 1. The molecule has 0 radical (unpaired) electrons. The number of non-ortho nitro benzene ring substituents is 1. The Morgan fingerprint density at radius 1 is 1.38 bits per heavy atom. The topological polar surface area (TPSA) is 108 Å². The number of hydrogen-bond donors (Lipinski definition) is 2. The lowest BCUT2D eigenvalue weighted by atomic mass is 10.1. The molecule has 1 aromatic carbocycles. The van der Waals surface area contributed by atoms with E-state index < -0.39 is 10.5 Å². The highest BCUT2D eigenvalue weighted by atomic mass is 35.5. The second-order valence-corrected chi connectivity index (χ2v) is 5.64. The lowest BCUT2D eigenvalue weighted by Crippen LogP contribution is -2.51. The van der Waals surface area contributed by atoms with Gasteiger partial charge in [0, 0.05) is 54.8 Å². The zero-order valence-electron chi connectivity index (χ0n) is 12.9. The zero-order chi connectivity index (χ0) is 16.6. The molecule has 2 heterocycles. The van der Waals surface area contributed by atoms with Crippen LogP contribution in [0.4, 0.5) is 5.69 Å². The molecule has 0 bridgehead atoms. The second-order valence-electron chi connectivity index (χ2n) is 5.64. The summed E-state index contributed by atoms with van der Waals surface area (Å²) in [4.78, 5) is 39.3. The minimum absolute atomic E-state index is 0. The molecule has 1 amide bonds. The number of aromatic amines is 1. The molecular formula is C15H17ClN4O4. The van der Waals surface area contributed by atoms with Crippen molar-refractivity contribution in [3.8, 4) is 0 Å². The van der Waals surface area contributed by atoms with Crippen molar-refractivity contribution in [3.63, 3.8) is 0 Å². The molecule has 2 N–H and O–H groups in total. The quantitative estimate of drug-likeness (QED) is 0.625. The second kappa shape index (κ2) is 6.98. The smallest absolute Gasteiger partial charge is 0.270 e. The van der Waals surface area contributed by atoms with Crippen LogP contribution in [0.15, 0.2) is 29.1 Å². The first-order valence-corrected chi connectivity index (χ1v) is 7.30. The van der Waals surface area contributed by atoms with Crippen LogP contribution in [-0.2, 0) is 0 Å². The normalized spacial score (nSPS) is 17.4. The Hall–Kier alpha value is -2.45. The number of nitro benzene ring substituents is 1. The summed E-state index contributed by atoms with van der Waals surface area (Å²) in [5.41, 5.74) is 0.0846. The van der Waals surface area contributed by atoms with Gasteiger partial charge in [-0.2, -0.15) is 0 Å². The van der Waals surface area contributed by atoms with E-state index in [1.54, 1.807) is 4.90 Å². The number of carbonyl (C=O) groups excluding carboxylic acids is 1. The molecule has 8 nitrogen and oxygen atoms in total. The number of halogens is 1. The van der Waals surface area contributed by atoms with Crippen LogP contribution in [0.2, 0.25) is 0 Å². The van der Waals surface area contributed by atoms with Crippen molar-refractivity contribution in [1.82, 2.24) is 15.2 Å². The first-order chi connectivity index (χ1) is 11.0. The van der Waals surface area contributed by atoms with Crippen molar-refractivity contribution in [2.45, 2.75) is 13.0 Å². The lowest BCUT2D eigenvalue weighted by Gasteiger charge is -2.32. The van der Waals surface area contributed by atoms with Gasteiger partial charge in [-0.05, 0) is 13.0 Å². The van der Waals surface area contributed by atoms with Gasteiger partial charge in [-0.15, -0.1) is 12.4 Å². The molecule has 9 heteroatoms. The largest absolute Gasteiger partial charge is 0.336 e. The highest BCUT2D eigenvalue weighted by Gasteiger charge is 2.24. The monoisotopic (exact) mass is 352 g/mol. The summed E-state index contributed by atoms with van der Waals surface area (Å²) in [6.45, 7) is 3.71. The van der Waals surface area contributed by atoms with Crippen LogP contribution in [0.3, 0.4) is 0 Å². The number of pyridine rings is 1. The predicted molar refractivity (Wildman–Crippen MR) is 91.8 cm³/mol. The zero-order valence-corrected chi connectivity index (χ0v) is 13.8. The summed E-state index contributed by atoms with van der Waals surface area (Å²) >= 11 is 0. The van der Waals surface area contributed by atoms with Crippen molar-refractivity contribution >= 4 is 34.9 Å². The van der Waals surface area contributed by atoms with Crippen LogP contribution >= 0.6 is 12.4 Å². The van der Waals surface area contributed by atoms with Crippen LogP contribution in [-0.4, -0.2) is 46.4 Å². The number of fused-ring (bicyclic) bond motifs is 1. The van der Waals surface area contributed by atoms with Crippen LogP contribution in [0.25, 0.3) is 10.9 Å². The first kappa shape index (κ1) is 17.9. The molecule has 2 aromatic rings. The number of rotatable bonds is 2. The number of H-pyrrole nitrogens is 1. The standard InChI is InChI=1S/C15H16N4O4.ClH/c1-9-8-18(5-4-16-9)15(21)12-7-14(20)17-13-3-2-10(19(22)23)6-11(12)13;/h2-3,6-7,9,16H,4-5,8H2,1H3,(H,17,20);1H.